The molecule has 8 aromatic carbocycles. The predicted molar refractivity (Wildman–Crippen MR) is 203 cm³/mol. The van der Waals surface area contributed by atoms with Crippen LogP contribution in [0.5, 0.6) is 0 Å². The fraction of sp³-hybridized carbons (Fsp3) is 0. The molecule has 2 heteroatoms. The molecule has 10 aromatic rings. The SMILES string of the molecule is c1ccc(-c2ccc3ccc4ccc(-c5c6ccccc6c(-c6cc7ccccc7c7ccccc67)c6ccccc56)nc4c3n2)cc1. The number of benzene rings is 8. The van der Waals surface area contributed by atoms with E-state index in [0.29, 0.717) is 0 Å². The van der Waals surface area contributed by atoms with Gasteiger partial charge in [0, 0.05) is 21.9 Å². The minimum Gasteiger partial charge on any atom is -0.245 e. The van der Waals surface area contributed by atoms with Crippen LogP contribution in [0.4, 0.5) is 0 Å². The van der Waals surface area contributed by atoms with Crippen molar-refractivity contribution in [1.29, 1.82) is 0 Å². The summed E-state index contributed by atoms with van der Waals surface area (Å²) in [6.07, 6.45) is 0. The first-order chi connectivity index (χ1) is 23.8. The summed E-state index contributed by atoms with van der Waals surface area (Å²) in [4.78, 5) is 10.6. The van der Waals surface area contributed by atoms with E-state index in [1.54, 1.807) is 0 Å². The van der Waals surface area contributed by atoms with E-state index in [9.17, 15) is 0 Å². The first-order valence-corrected chi connectivity index (χ1v) is 16.4. The molecular weight excluding hydrogens is 581 g/mol. The van der Waals surface area contributed by atoms with Crippen molar-refractivity contribution in [2.45, 2.75) is 0 Å². The van der Waals surface area contributed by atoms with Crippen molar-refractivity contribution in [2.75, 3.05) is 0 Å². The van der Waals surface area contributed by atoms with Gasteiger partial charge in [0.1, 0.15) is 0 Å². The molecule has 0 N–H and O–H groups in total. The molecule has 2 nitrogen and oxygen atoms in total. The second-order valence-corrected chi connectivity index (χ2v) is 12.5. The lowest BCUT2D eigenvalue weighted by molar-refractivity contribution is 1.37. The van der Waals surface area contributed by atoms with Crippen LogP contribution in [0.3, 0.4) is 0 Å². The average molecular weight is 609 g/mol. The second-order valence-electron chi connectivity index (χ2n) is 12.5. The summed E-state index contributed by atoms with van der Waals surface area (Å²) < 4.78 is 0. The smallest absolute Gasteiger partial charge is 0.0972 e. The van der Waals surface area contributed by atoms with Gasteiger partial charge < -0.3 is 0 Å². The van der Waals surface area contributed by atoms with Gasteiger partial charge in [0.05, 0.1) is 22.4 Å². The van der Waals surface area contributed by atoms with E-state index in [1.807, 2.05) is 6.07 Å². The van der Waals surface area contributed by atoms with E-state index in [-0.39, 0.29) is 0 Å². The van der Waals surface area contributed by atoms with Gasteiger partial charge in [0.2, 0.25) is 0 Å². The van der Waals surface area contributed by atoms with E-state index >= 15 is 0 Å². The fourth-order valence-electron chi connectivity index (χ4n) is 7.63. The predicted octanol–water partition coefficient (Wildman–Crippen LogP) is 12.4. The molecule has 0 aliphatic heterocycles. The third-order valence-electron chi connectivity index (χ3n) is 9.81. The van der Waals surface area contributed by atoms with Gasteiger partial charge in [-0.2, -0.15) is 0 Å². The number of aromatic nitrogens is 2. The molecule has 0 aliphatic carbocycles. The minimum atomic E-state index is 0.917. The molecule has 0 atom stereocenters. The number of fused-ring (bicyclic) bond motifs is 8. The first kappa shape index (κ1) is 26.8. The Hall–Kier alpha value is -6.38. The Balaban J connectivity index is 1.29. The summed E-state index contributed by atoms with van der Waals surface area (Å²) in [6, 6.07) is 60.9. The van der Waals surface area contributed by atoms with E-state index in [1.165, 1.54) is 54.2 Å². The molecule has 0 bridgehead atoms. The van der Waals surface area contributed by atoms with Gasteiger partial charge in [0.15, 0.2) is 0 Å². The number of pyridine rings is 2. The van der Waals surface area contributed by atoms with Crippen LogP contribution in [0, 0.1) is 0 Å². The first-order valence-electron chi connectivity index (χ1n) is 16.4. The monoisotopic (exact) mass is 608 g/mol. The van der Waals surface area contributed by atoms with Crippen molar-refractivity contribution >= 4 is 64.9 Å². The summed E-state index contributed by atoms with van der Waals surface area (Å²) in [5.74, 6) is 0. The molecule has 48 heavy (non-hydrogen) atoms. The molecule has 0 saturated heterocycles. The molecule has 2 heterocycles. The van der Waals surface area contributed by atoms with Crippen LogP contribution in [0.25, 0.3) is 98.5 Å². The van der Waals surface area contributed by atoms with Crippen LogP contribution in [-0.2, 0) is 0 Å². The second kappa shape index (κ2) is 10.6. The van der Waals surface area contributed by atoms with Crippen LogP contribution in [-0.4, -0.2) is 9.97 Å². The maximum Gasteiger partial charge on any atom is 0.0972 e. The summed E-state index contributed by atoms with van der Waals surface area (Å²) in [7, 11) is 0. The highest BCUT2D eigenvalue weighted by Gasteiger charge is 2.20. The molecule has 0 aliphatic rings. The van der Waals surface area contributed by atoms with Gasteiger partial charge in [0.25, 0.3) is 0 Å². The minimum absolute atomic E-state index is 0.917. The summed E-state index contributed by atoms with van der Waals surface area (Å²) in [6.45, 7) is 0. The topological polar surface area (TPSA) is 25.8 Å². The maximum atomic E-state index is 5.44. The molecule has 0 unspecified atom stereocenters. The largest absolute Gasteiger partial charge is 0.245 e. The quantitative estimate of drug-likeness (QED) is 0.147. The van der Waals surface area contributed by atoms with Crippen molar-refractivity contribution in [3.05, 3.63) is 170 Å². The highest BCUT2D eigenvalue weighted by atomic mass is 14.8. The molecule has 2 aromatic heterocycles. The Kier molecular flexibility index (Phi) is 5.91. The van der Waals surface area contributed by atoms with E-state index in [0.717, 1.165) is 44.3 Å². The molecule has 0 saturated carbocycles. The molecule has 0 amide bonds. The third-order valence-corrected chi connectivity index (χ3v) is 9.81. The maximum absolute atomic E-state index is 5.44. The molecule has 0 spiro atoms. The lowest BCUT2D eigenvalue weighted by Crippen LogP contribution is -1.95. The number of nitrogens with zero attached hydrogens (tertiary/aromatic N) is 2. The third kappa shape index (κ3) is 4.06. The summed E-state index contributed by atoms with van der Waals surface area (Å²) in [5.41, 5.74) is 8.49. The Labute approximate surface area is 277 Å². The van der Waals surface area contributed by atoms with Crippen molar-refractivity contribution in [2.24, 2.45) is 0 Å². The lowest BCUT2D eigenvalue weighted by Gasteiger charge is -2.19. The van der Waals surface area contributed by atoms with E-state index < -0.39 is 0 Å². The lowest BCUT2D eigenvalue weighted by atomic mass is 9.84. The number of rotatable bonds is 3. The Morgan fingerprint density at radius 1 is 0.292 bits per heavy atom. The fourth-order valence-corrected chi connectivity index (χ4v) is 7.63. The van der Waals surface area contributed by atoms with Crippen LogP contribution < -0.4 is 0 Å². The van der Waals surface area contributed by atoms with Gasteiger partial charge >= 0.3 is 0 Å². The van der Waals surface area contributed by atoms with E-state index in [4.69, 9.17) is 9.97 Å². The van der Waals surface area contributed by atoms with Crippen molar-refractivity contribution in [3.8, 4) is 33.6 Å². The van der Waals surface area contributed by atoms with Gasteiger partial charge in [-0.3, -0.25) is 0 Å². The van der Waals surface area contributed by atoms with Gasteiger partial charge in [-0.1, -0.05) is 152 Å². The normalized spacial score (nSPS) is 11.8. The van der Waals surface area contributed by atoms with E-state index in [2.05, 4.69) is 164 Å². The zero-order valence-corrected chi connectivity index (χ0v) is 26.1. The van der Waals surface area contributed by atoms with Crippen LogP contribution in [0.15, 0.2) is 170 Å². The van der Waals surface area contributed by atoms with Crippen LogP contribution >= 0.6 is 0 Å². The van der Waals surface area contributed by atoms with Gasteiger partial charge in [-0.15, -0.1) is 0 Å². The zero-order valence-electron chi connectivity index (χ0n) is 26.1. The number of hydrogen-bond donors (Lipinski definition) is 0. The Morgan fingerprint density at radius 2 is 0.750 bits per heavy atom. The van der Waals surface area contributed by atoms with Crippen LogP contribution in [0.2, 0.25) is 0 Å². The summed E-state index contributed by atoms with van der Waals surface area (Å²) in [5, 5.41) is 12.0. The zero-order chi connectivity index (χ0) is 31.6. The highest BCUT2D eigenvalue weighted by molar-refractivity contribution is 6.25. The Bertz CT molecular complexity index is 2830. The van der Waals surface area contributed by atoms with Gasteiger partial charge in [-0.25, -0.2) is 9.97 Å². The average Bonchev–Trinajstić information content (AvgIpc) is 3.16. The van der Waals surface area contributed by atoms with Crippen molar-refractivity contribution in [3.63, 3.8) is 0 Å². The van der Waals surface area contributed by atoms with Crippen LogP contribution in [0.1, 0.15) is 0 Å². The molecule has 10 rings (SSSR count). The molecule has 0 radical (unpaired) electrons. The number of hydrogen-bond acceptors (Lipinski definition) is 2. The van der Waals surface area contributed by atoms with Crippen molar-refractivity contribution < 1.29 is 0 Å². The molecular formula is C46H28N2. The molecule has 0 fully saturated rings. The van der Waals surface area contributed by atoms with Gasteiger partial charge in [-0.05, 0) is 72.4 Å². The molecule has 222 valence electrons. The standard InChI is InChI=1S/C46H28N2/c1-2-12-29(13-3-1)41-26-24-30-22-23-31-25-27-42(48-46(31)45(30)47-41)44-38-20-10-8-18-36(38)43(37-19-9-11-21-39(37)44)40-28-32-14-4-5-15-33(32)34-16-6-7-17-35(34)40/h1-28H. The highest BCUT2D eigenvalue weighted by Crippen LogP contribution is 2.46. The summed E-state index contributed by atoms with van der Waals surface area (Å²) >= 11 is 0. The Morgan fingerprint density at radius 3 is 1.40 bits per heavy atom. The van der Waals surface area contributed by atoms with Crippen molar-refractivity contribution in [1.82, 2.24) is 9.97 Å².